The van der Waals surface area contributed by atoms with Gasteiger partial charge in [0.15, 0.2) is 5.13 Å². The fourth-order valence-corrected chi connectivity index (χ4v) is 2.99. The van der Waals surface area contributed by atoms with Gasteiger partial charge in [-0.1, -0.05) is 23.7 Å². The molecule has 0 fully saturated rings. The summed E-state index contributed by atoms with van der Waals surface area (Å²) >= 11 is 7.35. The van der Waals surface area contributed by atoms with Gasteiger partial charge in [-0.05, 0) is 24.6 Å². The zero-order valence-corrected chi connectivity index (χ0v) is 13.7. The van der Waals surface area contributed by atoms with Crippen LogP contribution in [0.3, 0.4) is 0 Å². The molecule has 1 amide bonds. The molecule has 1 N–H and O–H groups in total. The highest BCUT2D eigenvalue weighted by Gasteiger charge is 2.13. The fourth-order valence-electron chi connectivity index (χ4n) is 1.93. The number of nitrogens with zero attached hydrogens (tertiary/aromatic N) is 2. The normalized spacial score (nSPS) is 10.6. The smallest absolute Gasteiger partial charge is 0.225 e. The van der Waals surface area contributed by atoms with Crippen molar-refractivity contribution in [2.45, 2.75) is 26.9 Å². The maximum atomic E-state index is 11.5. The van der Waals surface area contributed by atoms with Crippen LogP contribution in [0.4, 0.5) is 5.13 Å². The fraction of sp³-hybridized carbons (Fsp3) is 0.333. The highest BCUT2D eigenvalue weighted by Crippen LogP contribution is 2.20. The van der Waals surface area contributed by atoms with Crippen molar-refractivity contribution in [3.63, 3.8) is 0 Å². The largest absolute Gasteiger partial charge is 0.307 e. The van der Waals surface area contributed by atoms with E-state index in [0.717, 1.165) is 22.4 Å². The second-order valence-corrected chi connectivity index (χ2v) is 5.89. The summed E-state index contributed by atoms with van der Waals surface area (Å²) in [4.78, 5) is 17.6. The number of thiazole rings is 1. The number of hydrogen-bond acceptors (Lipinski definition) is 4. The monoisotopic (exact) mass is 323 g/mol. The number of nitrogens with one attached hydrogen (secondary N) is 1. The molecule has 0 saturated heterocycles. The second kappa shape index (κ2) is 7.54. The number of halogens is 1. The zero-order chi connectivity index (χ0) is 15.2. The lowest BCUT2D eigenvalue weighted by Crippen LogP contribution is -2.27. The summed E-state index contributed by atoms with van der Waals surface area (Å²) in [6, 6.07) is 7.75. The van der Waals surface area contributed by atoms with E-state index in [9.17, 15) is 4.79 Å². The standard InChI is InChI=1S/C15H18ClN3OS/c1-3-19(11(2)20)15-18-14(10-21-15)9-17-8-12-4-6-13(16)7-5-12/h4-7,10,17H,3,8-9H2,1-2H3. The Labute approximate surface area is 133 Å². The molecular weight excluding hydrogens is 306 g/mol. The SMILES string of the molecule is CCN(C(C)=O)c1nc(CNCc2ccc(Cl)cc2)cs1. The molecule has 0 aliphatic heterocycles. The lowest BCUT2D eigenvalue weighted by Gasteiger charge is -2.14. The number of hydrogen-bond donors (Lipinski definition) is 1. The number of amides is 1. The average molecular weight is 324 g/mol. The van der Waals surface area contributed by atoms with Gasteiger partial charge in [-0.3, -0.25) is 9.69 Å². The first-order valence-electron chi connectivity index (χ1n) is 6.77. The molecule has 2 rings (SSSR count). The Morgan fingerprint density at radius 3 is 2.67 bits per heavy atom. The lowest BCUT2D eigenvalue weighted by atomic mass is 10.2. The number of carbonyl (C=O) groups is 1. The van der Waals surface area contributed by atoms with Crippen LogP contribution in [0.1, 0.15) is 25.1 Å². The van der Waals surface area contributed by atoms with E-state index in [1.165, 1.54) is 16.9 Å². The van der Waals surface area contributed by atoms with Gasteiger partial charge in [-0.2, -0.15) is 0 Å². The number of rotatable bonds is 6. The Morgan fingerprint density at radius 1 is 1.33 bits per heavy atom. The van der Waals surface area contributed by atoms with Crippen LogP contribution in [-0.4, -0.2) is 17.4 Å². The van der Waals surface area contributed by atoms with Crippen LogP contribution in [0.25, 0.3) is 0 Å². The van der Waals surface area contributed by atoms with Crippen molar-refractivity contribution >= 4 is 34.0 Å². The molecule has 1 heterocycles. The predicted molar refractivity (Wildman–Crippen MR) is 87.8 cm³/mol. The van der Waals surface area contributed by atoms with Gasteiger partial charge in [-0.15, -0.1) is 11.3 Å². The molecule has 1 aromatic carbocycles. The molecule has 0 aliphatic rings. The molecule has 0 saturated carbocycles. The average Bonchev–Trinajstić information content (AvgIpc) is 2.90. The summed E-state index contributed by atoms with van der Waals surface area (Å²) in [6.45, 7) is 5.58. The van der Waals surface area contributed by atoms with E-state index < -0.39 is 0 Å². The van der Waals surface area contributed by atoms with Gasteiger partial charge in [0.05, 0.1) is 5.69 Å². The molecule has 2 aromatic rings. The van der Waals surface area contributed by atoms with E-state index in [2.05, 4.69) is 10.3 Å². The zero-order valence-electron chi connectivity index (χ0n) is 12.1. The highest BCUT2D eigenvalue weighted by molar-refractivity contribution is 7.14. The van der Waals surface area contributed by atoms with E-state index in [0.29, 0.717) is 13.1 Å². The van der Waals surface area contributed by atoms with Crippen LogP contribution >= 0.6 is 22.9 Å². The first kappa shape index (κ1) is 15.9. The molecule has 6 heteroatoms. The molecule has 0 atom stereocenters. The maximum absolute atomic E-state index is 11.5. The van der Waals surface area contributed by atoms with Crippen LogP contribution in [0.5, 0.6) is 0 Å². The Bertz CT molecular complexity index is 597. The van der Waals surface area contributed by atoms with Crippen LogP contribution in [0.15, 0.2) is 29.6 Å². The quantitative estimate of drug-likeness (QED) is 0.885. The number of benzene rings is 1. The molecule has 0 unspecified atom stereocenters. The van der Waals surface area contributed by atoms with Gasteiger partial charge < -0.3 is 5.32 Å². The lowest BCUT2D eigenvalue weighted by molar-refractivity contribution is -0.116. The summed E-state index contributed by atoms with van der Waals surface area (Å²) in [6.07, 6.45) is 0. The molecule has 21 heavy (non-hydrogen) atoms. The maximum Gasteiger partial charge on any atom is 0.225 e. The Morgan fingerprint density at radius 2 is 2.05 bits per heavy atom. The number of anilines is 1. The van der Waals surface area contributed by atoms with Gasteiger partial charge in [-0.25, -0.2) is 4.98 Å². The second-order valence-electron chi connectivity index (χ2n) is 4.61. The minimum Gasteiger partial charge on any atom is -0.307 e. The van der Waals surface area contributed by atoms with E-state index in [-0.39, 0.29) is 5.91 Å². The highest BCUT2D eigenvalue weighted by atomic mass is 35.5. The van der Waals surface area contributed by atoms with E-state index in [1.54, 1.807) is 11.8 Å². The van der Waals surface area contributed by atoms with E-state index in [1.807, 2.05) is 36.6 Å². The first-order chi connectivity index (χ1) is 10.1. The summed E-state index contributed by atoms with van der Waals surface area (Å²) in [5, 5.41) is 6.82. The van der Waals surface area contributed by atoms with Gasteiger partial charge in [0, 0.05) is 37.0 Å². The number of carbonyl (C=O) groups excluding carboxylic acids is 1. The third kappa shape index (κ3) is 4.52. The summed E-state index contributed by atoms with van der Waals surface area (Å²) in [5.74, 6) is 0.0209. The third-order valence-electron chi connectivity index (χ3n) is 3.02. The van der Waals surface area contributed by atoms with Crippen molar-refractivity contribution in [3.05, 3.63) is 45.9 Å². The summed E-state index contributed by atoms with van der Waals surface area (Å²) in [7, 11) is 0. The molecule has 0 spiro atoms. The van der Waals surface area contributed by atoms with Crippen molar-refractivity contribution < 1.29 is 4.79 Å². The van der Waals surface area contributed by atoms with Crippen molar-refractivity contribution in [2.24, 2.45) is 0 Å². The van der Waals surface area contributed by atoms with Gasteiger partial charge in [0.1, 0.15) is 0 Å². The van der Waals surface area contributed by atoms with Crippen LogP contribution in [0.2, 0.25) is 5.02 Å². The molecular formula is C15H18ClN3OS. The molecule has 0 aliphatic carbocycles. The topological polar surface area (TPSA) is 45.2 Å². The van der Waals surface area contributed by atoms with Crippen molar-refractivity contribution in [2.75, 3.05) is 11.4 Å². The van der Waals surface area contributed by atoms with Crippen LogP contribution < -0.4 is 10.2 Å². The van der Waals surface area contributed by atoms with E-state index in [4.69, 9.17) is 11.6 Å². The molecule has 0 radical (unpaired) electrons. The predicted octanol–water partition coefficient (Wildman–Crippen LogP) is 3.46. The minimum absolute atomic E-state index is 0.0209. The van der Waals surface area contributed by atoms with Gasteiger partial charge in [0.25, 0.3) is 0 Å². The van der Waals surface area contributed by atoms with Crippen molar-refractivity contribution in [1.82, 2.24) is 10.3 Å². The van der Waals surface area contributed by atoms with Crippen molar-refractivity contribution in [1.29, 1.82) is 0 Å². The number of aromatic nitrogens is 1. The summed E-state index contributed by atoms with van der Waals surface area (Å²) in [5.41, 5.74) is 2.12. The van der Waals surface area contributed by atoms with Crippen LogP contribution in [0, 0.1) is 0 Å². The van der Waals surface area contributed by atoms with Crippen LogP contribution in [-0.2, 0) is 17.9 Å². The Kier molecular flexibility index (Phi) is 5.73. The summed E-state index contributed by atoms with van der Waals surface area (Å²) < 4.78 is 0. The van der Waals surface area contributed by atoms with Crippen molar-refractivity contribution in [3.8, 4) is 0 Å². The molecule has 4 nitrogen and oxygen atoms in total. The molecule has 1 aromatic heterocycles. The Balaban J connectivity index is 1.88. The molecule has 0 bridgehead atoms. The first-order valence-corrected chi connectivity index (χ1v) is 8.03. The van der Waals surface area contributed by atoms with Gasteiger partial charge >= 0.3 is 0 Å². The third-order valence-corrected chi connectivity index (χ3v) is 4.18. The minimum atomic E-state index is 0.0209. The molecule has 112 valence electrons. The van der Waals surface area contributed by atoms with E-state index >= 15 is 0 Å². The van der Waals surface area contributed by atoms with Gasteiger partial charge in [0.2, 0.25) is 5.91 Å². The Hall–Kier alpha value is -1.43.